The number of carbonyl (C=O) groups excluding carboxylic acids is 1. The van der Waals surface area contributed by atoms with Crippen LogP contribution in [0.5, 0.6) is 0 Å². The summed E-state index contributed by atoms with van der Waals surface area (Å²) in [5, 5.41) is 2.56. The molecule has 2 N–H and O–H groups in total. The molecule has 0 heterocycles. The second-order valence-corrected chi connectivity index (χ2v) is 6.89. The van der Waals surface area contributed by atoms with Crippen molar-refractivity contribution >= 4 is 27.7 Å². The molecule has 0 fully saturated rings. The van der Waals surface area contributed by atoms with Gasteiger partial charge in [0.2, 0.25) is 15.9 Å². The van der Waals surface area contributed by atoms with Gasteiger partial charge in [-0.25, -0.2) is 17.5 Å². The van der Waals surface area contributed by atoms with E-state index in [1.54, 1.807) is 37.3 Å². The summed E-state index contributed by atoms with van der Waals surface area (Å²) in [5.74, 6) is -0.922. The summed E-state index contributed by atoms with van der Waals surface area (Å²) in [6.45, 7) is 1.66. The van der Waals surface area contributed by atoms with Gasteiger partial charge < -0.3 is 5.32 Å². The van der Waals surface area contributed by atoms with Gasteiger partial charge in [0.1, 0.15) is 5.82 Å². The quantitative estimate of drug-likeness (QED) is 0.816. The number of benzene rings is 2. The van der Waals surface area contributed by atoms with Crippen molar-refractivity contribution in [3.63, 3.8) is 0 Å². The van der Waals surface area contributed by atoms with Gasteiger partial charge in [0.05, 0.1) is 4.90 Å². The fourth-order valence-electron chi connectivity index (χ4n) is 2.04. The lowest BCUT2D eigenvalue weighted by molar-refractivity contribution is -0.111. The summed E-state index contributed by atoms with van der Waals surface area (Å²) >= 11 is 0. The van der Waals surface area contributed by atoms with Gasteiger partial charge in [-0.1, -0.05) is 24.3 Å². The molecule has 5 nitrogen and oxygen atoms in total. The fraction of sp³-hybridized carbons (Fsp3) is 0.118. The van der Waals surface area contributed by atoms with Gasteiger partial charge in [0.25, 0.3) is 0 Å². The first-order valence-corrected chi connectivity index (χ1v) is 8.59. The number of hydrogen-bond donors (Lipinski definition) is 2. The maximum Gasteiger partial charge on any atom is 0.248 e. The van der Waals surface area contributed by atoms with Crippen LogP contribution in [0.2, 0.25) is 0 Å². The Morgan fingerprint density at radius 2 is 1.88 bits per heavy atom. The lowest BCUT2D eigenvalue weighted by atomic mass is 10.2. The van der Waals surface area contributed by atoms with Crippen LogP contribution < -0.4 is 10.0 Å². The molecule has 2 aromatic rings. The van der Waals surface area contributed by atoms with Crippen molar-refractivity contribution in [3.8, 4) is 0 Å². The summed E-state index contributed by atoms with van der Waals surface area (Å²) in [6, 6.07) is 10.6. The first kappa shape index (κ1) is 17.8. The third kappa shape index (κ3) is 4.27. The molecular weight excluding hydrogens is 331 g/mol. The number of amides is 1. The predicted octanol–water partition coefficient (Wildman–Crippen LogP) is 2.69. The number of nitrogens with one attached hydrogen (secondary N) is 2. The van der Waals surface area contributed by atoms with Crippen LogP contribution in [-0.2, 0) is 14.8 Å². The molecule has 0 aliphatic carbocycles. The molecule has 7 heteroatoms. The molecule has 0 unspecified atom stereocenters. The average molecular weight is 348 g/mol. The zero-order valence-corrected chi connectivity index (χ0v) is 14.0. The number of aryl methyl sites for hydroxylation is 1. The molecular formula is C17H17FN2O3S. The topological polar surface area (TPSA) is 75.3 Å². The molecule has 0 aromatic heterocycles. The highest BCUT2D eigenvalue weighted by Gasteiger charge is 2.15. The third-order valence-electron chi connectivity index (χ3n) is 3.33. The van der Waals surface area contributed by atoms with Crippen molar-refractivity contribution in [1.29, 1.82) is 0 Å². The Labute approximate surface area is 140 Å². The first-order valence-electron chi connectivity index (χ1n) is 7.11. The van der Waals surface area contributed by atoms with Crippen molar-refractivity contribution < 1.29 is 17.6 Å². The van der Waals surface area contributed by atoms with Crippen LogP contribution in [-0.4, -0.2) is 21.4 Å². The first-order chi connectivity index (χ1) is 11.3. The van der Waals surface area contributed by atoms with E-state index in [1.165, 1.54) is 31.3 Å². The fourth-order valence-corrected chi connectivity index (χ4v) is 3.03. The highest BCUT2D eigenvalue weighted by atomic mass is 32.2. The SMILES string of the molecule is CNS(=O)(=O)c1cc(NC(=O)/C=C/c2ccccc2F)ccc1C. The van der Waals surface area contributed by atoms with Crippen molar-refractivity contribution in [2.45, 2.75) is 11.8 Å². The van der Waals surface area contributed by atoms with Gasteiger partial charge in [-0.15, -0.1) is 0 Å². The van der Waals surface area contributed by atoms with E-state index >= 15 is 0 Å². The highest BCUT2D eigenvalue weighted by molar-refractivity contribution is 7.89. The van der Waals surface area contributed by atoms with E-state index in [9.17, 15) is 17.6 Å². The van der Waals surface area contributed by atoms with Crippen LogP contribution in [0, 0.1) is 12.7 Å². The van der Waals surface area contributed by atoms with Crippen LogP contribution in [0.3, 0.4) is 0 Å². The number of sulfonamides is 1. The normalized spacial score (nSPS) is 11.6. The minimum atomic E-state index is -3.62. The van der Waals surface area contributed by atoms with Crippen molar-refractivity contribution in [3.05, 3.63) is 65.5 Å². The summed E-state index contributed by atoms with van der Waals surface area (Å²) < 4.78 is 39.6. The molecule has 0 bridgehead atoms. The Hall–Kier alpha value is -2.51. The zero-order chi connectivity index (χ0) is 17.7. The van der Waals surface area contributed by atoms with Crippen molar-refractivity contribution in [2.75, 3.05) is 12.4 Å². The molecule has 1 amide bonds. The lowest BCUT2D eigenvalue weighted by Crippen LogP contribution is -2.20. The molecule has 24 heavy (non-hydrogen) atoms. The number of hydrogen-bond acceptors (Lipinski definition) is 3. The monoisotopic (exact) mass is 348 g/mol. The van der Waals surface area contributed by atoms with Gasteiger partial charge >= 0.3 is 0 Å². The predicted molar refractivity (Wildman–Crippen MR) is 91.5 cm³/mol. The van der Waals surface area contributed by atoms with E-state index in [1.807, 2.05) is 0 Å². The number of rotatable bonds is 5. The van der Waals surface area contributed by atoms with E-state index < -0.39 is 21.7 Å². The Balaban J connectivity index is 2.18. The molecule has 0 radical (unpaired) electrons. The molecule has 2 aromatic carbocycles. The molecule has 0 saturated carbocycles. The smallest absolute Gasteiger partial charge is 0.248 e. The molecule has 2 rings (SSSR count). The molecule has 0 aliphatic rings. The second kappa shape index (κ2) is 7.37. The summed E-state index contributed by atoms with van der Waals surface area (Å²) in [4.78, 5) is 12.0. The van der Waals surface area contributed by atoms with Crippen LogP contribution in [0.25, 0.3) is 6.08 Å². The molecule has 0 saturated heterocycles. The van der Waals surface area contributed by atoms with Crippen LogP contribution >= 0.6 is 0 Å². The average Bonchev–Trinajstić information content (AvgIpc) is 2.55. The van der Waals surface area contributed by atoms with Gasteiger partial charge in [-0.3, -0.25) is 4.79 Å². The number of carbonyl (C=O) groups is 1. The molecule has 0 atom stereocenters. The largest absolute Gasteiger partial charge is 0.322 e. The van der Waals surface area contributed by atoms with E-state index in [0.717, 1.165) is 0 Å². The Morgan fingerprint density at radius 3 is 2.54 bits per heavy atom. The highest BCUT2D eigenvalue weighted by Crippen LogP contribution is 2.20. The Kier molecular flexibility index (Phi) is 5.48. The van der Waals surface area contributed by atoms with Gasteiger partial charge in [0.15, 0.2) is 0 Å². The van der Waals surface area contributed by atoms with Crippen LogP contribution in [0.4, 0.5) is 10.1 Å². The Morgan fingerprint density at radius 1 is 1.17 bits per heavy atom. The Bertz CT molecular complexity index is 892. The van der Waals surface area contributed by atoms with Gasteiger partial charge in [-0.2, -0.15) is 0 Å². The summed E-state index contributed by atoms with van der Waals surface area (Å²) in [7, 11) is -2.30. The summed E-state index contributed by atoms with van der Waals surface area (Å²) in [6.07, 6.45) is 2.54. The minimum absolute atomic E-state index is 0.0842. The van der Waals surface area contributed by atoms with Crippen LogP contribution in [0.15, 0.2) is 53.4 Å². The van der Waals surface area contributed by atoms with Crippen molar-refractivity contribution in [2.24, 2.45) is 0 Å². The zero-order valence-electron chi connectivity index (χ0n) is 13.2. The van der Waals surface area contributed by atoms with Crippen LogP contribution in [0.1, 0.15) is 11.1 Å². The maximum atomic E-state index is 13.5. The maximum absolute atomic E-state index is 13.5. The lowest BCUT2D eigenvalue weighted by Gasteiger charge is -2.09. The van der Waals surface area contributed by atoms with E-state index in [2.05, 4.69) is 10.0 Å². The van der Waals surface area contributed by atoms with Gasteiger partial charge in [0, 0.05) is 17.3 Å². The minimum Gasteiger partial charge on any atom is -0.322 e. The number of anilines is 1. The van der Waals surface area contributed by atoms with Crippen molar-refractivity contribution in [1.82, 2.24) is 4.72 Å². The van der Waals surface area contributed by atoms with E-state index in [-0.39, 0.29) is 10.5 Å². The molecule has 126 valence electrons. The summed E-state index contributed by atoms with van der Waals surface area (Å²) in [5.41, 5.74) is 1.18. The third-order valence-corrected chi connectivity index (χ3v) is 4.89. The molecule has 0 spiro atoms. The standard InChI is InChI=1S/C17H17FN2O3S/c1-12-7-9-14(11-16(12)24(22,23)19-2)20-17(21)10-8-13-5-3-4-6-15(13)18/h3-11,19H,1-2H3,(H,20,21)/b10-8+. The molecule has 0 aliphatic heterocycles. The second-order valence-electron chi connectivity index (χ2n) is 5.03. The van der Waals surface area contributed by atoms with E-state index in [0.29, 0.717) is 11.3 Å². The number of halogens is 1. The van der Waals surface area contributed by atoms with Gasteiger partial charge in [-0.05, 0) is 43.8 Å². The van der Waals surface area contributed by atoms with E-state index in [4.69, 9.17) is 0 Å².